The van der Waals surface area contributed by atoms with Crippen LogP contribution in [-0.2, 0) is 19.2 Å². The molecule has 4 fully saturated rings. The summed E-state index contributed by atoms with van der Waals surface area (Å²) in [5.74, 6) is 1.80. The van der Waals surface area contributed by atoms with Crippen LogP contribution in [0.15, 0.2) is 11.3 Å². The molecule has 118 valence electrons. The molecule has 4 heterocycles. The Morgan fingerprint density at radius 2 is 2.00 bits per heavy atom. The maximum absolute atomic E-state index is 6.24. The molecule has 0 amide bonds. The van der Waals surface area contributed by atoms with Crippen molar-refractivity contribution >= 4 is 0 Å². The average Bonchev–Trinajstić information content (AvgIpc) is 2.67. The van der Waals surface area contributed by atoms with Crippen LogP contribution in [0.3, 0.4) is 0 Å². The van der Waals surface area contributed by atoms with E-state index in [0.717, 1.165) is 31.4 Å². The molecular formula is C17H26O4. The molecule has 0 aromatic rings. The minimum Gasteiger partial charge on any atom is -0.466 e. The Hall–Kier alpha value is -0.580. The molecule has 5 aliphatic rings. The molecule has 5 rings (SSSR count). The maximum atomic E-state index is 6.24. The van der Waals surface area contributed by atoms with Crippen molar-refractivity contribution in [1.29, 1.82) is 0 Å². The molecule has 1 aliphatic carbocycles. The van der Waals surface area contributed by atoms with Gasteiger partial charge in [-0.25, -0.2) is 9.78 Å². The molecule has 1 spiro atoms. The van der Waals surface area contributed by atoms with Crippen molar-refractivity contribution in [3.05, 3.63) is 11.3 Å². The first-order chi connectivity index (χ1) is 10.00. The van der Waals surface area contributed by atoms with E-state index in [1.54, 1.807) is 0 Å². The number of hydrogen-bond acceptors (Lipinski definition) is 4. The highest BCUT2D eigenvalue weighted by Gasteiger charge is 2.68. The molecular weight excluding hydrogens is 268 g/mol. The van der Waals surface area contributed by atoms with Crippen molar-refractivity contribution in [2.24, 2.45) is 17.8 Å². The average molecular weight is 294 g/mol. The van der Waals surface area contributed by atoms with Crippen LogP contribution in [0.4, 0.5) is 0 Å². The van der Waals surface area contributed by atoms with E-state index in [1.165, 1.54) is 12.0 Å². The fourth-order valence-corrected chi connectivity index (χ4v) is 5.12. The third kappa shape index (κ3) is 1.73. The summed E-state index contributed by atoms with van der Waals surface area (Å²) in [5, 5.41) is 0. The number of hydrogen-bond donors (Lipinski definition) is 0. The molecule has 0 radical (unpaired) electrons. The van der Waals surface area contributed by atoms with Crippen LogP contribution in [0.5, 0.6) is 0 Å². The molecule has 0 unspecified atom stereocenters. The van der Waals surface area contributed by atoms with E-state index in [1.807, 2.05) is 6.92 Å². The van der Waals surface area contributed by atoms with E-state index in [4.69, 9.17) is 19.2 Å². The smallest absolute Gasteiger partial charge is 0.235 e. The summed E-state index contributed by atoms with van der Waals surface area (Å²) < 4.78 is 12.4. The van der Waals surface area contributed by atoms with Crippen LogP contribution in [0, 0.1) is 17.8 Å². The van der Waals surface area contributed by atoms with Gasteiger partial charge in [-0.05, 0) is 51.0 Å². The fraction of sp³-hybridized carbons (Fsp3) is 0.882. The largest absolute Gasteiger partial charge is 0.466 e. The van der Waals surface area contributed by atoms with Gasteiger partial charge in [0.1, 0.15) is 0 Å². The SMILES string of the molecule is CCC1=C(C)O[C@@H]2O[C@]3(C)CC[C@H]4[C@H](C)CC[C@@H]1[C@@]24OO3. The van der Waals surface area contributed by atoms with E-state index in [2.05, 4.69) is 20.8 Å². The number of ether oxygens (including phenoxy) is 2. The van der Waals surface area contributed by atoms with Gasteiger partial charge in [-0.15, -0.1) is 0 Å². The summed E-state index contributed by atoms with van der Waals surface area (Å²) in [6, 6.07) is 0. The molecule has 0 aromatic heterocycles. The van der Waals surface area contributed by atoms with Crippen LogP contribution in [0.2, 0.25) is 0 Å². The molecule has 21 heavy (non-hydrogen) atoms. The number of rotatable bonds is 1. The van der Waals surface area contributed by atoms with Crippen molar-refractivity contribution < 1.29 is 19.2 Å². The Labute approximate surface area is 126 Å². The van der Waals surface area contributed by atoms with E-state index in [-0.39, 0.29) is 6.29 Å². The van der Waals surface area contributed by atoms with Gasteiger partial charge in [-0.1, -0.05) is 13.8 Å². The second-order valence-corrected chi connectivity index (χ2v) is 7.41. The molecule has 4 aliphatic heterocycles. The predicted octanol–water partition coefficient (Wildman–Crippen LogP) is 3.92. The first kappa shape index (κ1) is 14.0. The van der Waals surface area contributed by atoms with Gasteiger partial charge in [0, 0.05) is 18.3 Å². The van der Waals surface area contributed by atoms with Gasteiger partial charge in [-0.3, -0.25) is 0 Å². The summed E-state index contributed by atoms with van der Waals surface area (Å²) >= 11 is 0. The lowest BCUT2D eigenvalue weighted by atomic mass is 9.59. The van der Waals surface area contributed by atoms with Gasteiger partial charge < -0.3 is 9.47 Å². The van der Waals surface area contributed by atoms with Gasteiger partial charge in [0.25, 0.3) is 0 Å². The second-order valence-electron chi connectivity index (χ2n) is 7.41. The number of allylic oxidation sites excluding steroid dienone is 1. The summed E-state index contributed by atoms with van der Waals surface area (Å²) in [6.45, 7) is 8.59. The minimum absolute atomic E-state index is 0.327. The van der Waals surface area contributed by atoms with E-state index >= 15 is 0 Å². The first-order valence-corrected chi connectivity index (χ1v) is 8.41. The van der Waals surface area contributed by atoms with Crippen molar-refractivity contribution in [2.75, 3.05) is 0 Å². The zero-order chi connectivity index (χ0) is 14.8. The van der Waals surface area contributed by atoms with Crippen LogP contribution in [0.1, 0.15) is 59.8 Å². The minimum atomic E-state index is -0.665. The maximum Gasteiger partial charge on any atom is 0.235 e. The molecule has 4 heteroatoms. The zero-order valence-electron chi connectivity index (χ0n) is 13.5. The Morgan fingerprint density at radius 3 is 2.76 bits per heavy atom. The summed E-state index contributed by atoms with van der Waals surface area (Å²) in [6.07, 6.45) is 5.03. The molecule has 2 bridgehead atoms. The highest BCUT2D eigenvalue weighted by molar-refractivity contribution is 5.24. The molecule has 0 N–H and O–H groups in total. The Bertz CT molecular complexity index is 487. The zero-order valence-corrected chi connectivity index (χ0v) is 13.5. The first-order valence-electron chi connectivity index (χ1n) is 8.41. The Balaban J connectivity index is 1.86. The van der Waals surface area contributed by atoms with E-state index in [0.29, 0.717) is 17.8 Å². The van der Waals surface area contributed by atoms with Gasteiger partial charge >= 0.3 is 0 Å². The van der Waals surface area contributed by atoms with Crippen molar-refractivity contribution in [3.8, 4) is 0 Å². The van der Waals surface area contributed by atoms with Gasteiger partial charge in [-0.2, -0.15) is 0 Å². The highest BCUT2D eigenvalue weighted by Crippen LogP contribution is 2.60. The molecule has 6 atom stereocenters. The number of fused-ring (bicyclic) bond motifs is 2. The van der Waals surface area contributed by atoms with Gasteiger partial charge in [0.15, 0.2) is 5.60 Å². The third-order valence-electron chi connectivity index (χ3n) is 6.26. The normalized spacial score (nSPS) is 52.2. The van der Waals surface area contributed by atoms with E-state index in [9.17, 15) is 0 Å². The van der Waals surface area contributed by atoms with Crippen LogP contribution in [0.25, 0.3) is 0 Å². The molecule has 3 saturated heterocycles. The predicted molar refractivity (Wildman–Crippen MR) is 76.9 cm³/mol. The quantitative estimate of drug-likeness (QED) is 0.687. The van der Waals surface area contributed by atoms with Crippen molar-refractivity contribution in [2.45, 2.75) is 77.5 Å². The Morgan fingerprint density at radius 1 is 1.19 bits per heavy atom. The van der Waals surface area contributed by atoms with Crippen molar-refractivity contribution in [3.63, 3.8) is 0 Å². The summed E-state index contributed by atoms with van der Waals surface area (Å²) in [5.41, 5.74) is 0.944. The fourth-order valence-electron chi connectivity index (χ4n) is 5.12. The lowest BCUT2D eigenvalue weighted by Gasteiger charge is -2.57. The summed E-state index contributed by atoms with van der Waals surface area (Å²) in [4.78, 5) is 11.9. The Kier molecular flexibility index (Phi) is 2.98. The van der Waals surface area contributed by atoms with Crippen molar-refractivity contribution in [1.82, 2.24) is 0 Å². The lowest BCUT2D eigenvalue weighted by Crippen LogP contribution is -2.66. The lowest BCUT2D eigenvalue weighted by molar-refractivity contribution is -0.556. The monoisotopic (exact) mass is 294 g/mol. The van der Waals surface area contributed by atoms with Crippen LogP contribution < -0.4 is 0 Å². The second kappa shape index (κ2) is 4.46. The third-order valence-corrected chi connectivity index (χ3v) is 6.26. The molecule has 0 aromatic carbocycles. The molecule has 1 saturated carbocycles. The topological polar surface area (TPSA) is 36.9 Å². The van der Waals surface area contributed by atoms with Gasteiger partial charge in [0.05, 0.1) is 5.76 Å². The van der Waals surface area contributed by atoms with Crippen LogP contribution >= 0.6 is 0 Å². The molecule has 4 nitrogen and oxygen atoms in total. The summed E-state index contributed by atoms with van der Waals surface area (Å²) in [7, 11) is 0. The standard InChI is InChI=1S/C17H26O4/c1-5-12-11(3)18-15-17-13(10(2)6-7-14(12)17)8-9-16(4,19-15)20-21-17/h10,13-15H,5-9H2,1-4H3/t10-,13+,14+,15-,16+,17-/m1/s1. The van der Waals surface area contributed by atoms with Gasteiger partial charge in [0.2, 0.25) is 12.1 Å². The van der Waals surface area contributed by atoms with Crippen LogP contribution in [-0.4, -0.2) is 17.7 Å². The van der Waals surface area contributed by atoms with E-state index < -0.39 is 11.4 Å². The highest BCUT2D eigenvalue weighted by atomic mass is 17.3.